The summed E-state index contributed by atoms with van der Waals surface area (Å²) in [5.74, 6) is -1.66. The number of fused-ring (bicyclic) bond motifs is 1. The summed E-state index contributed by atoms with van der Waals surface area (Å²) in [5, 5.41) is 6.30. The summed E-state index contributed by atoms with van der Waals surface area (Å²) in [5.41, 5.74) is -2.38. The summed E-state index contributed by atoms with van der Waals surface area (Å²) in [4.78, 5) is 42.9. The molecule has 7 heteroatoms. The van der Waals surface area contributed by atoms with Crippen molar-refractivity contribution in [2.24, 2.45) is 11.8 Å². The van der Waals surface area contributed by atoms with E-state index in [2.05, 4.69) is 10.6 Å². The number of carbonyl (C=O) groups excluding carboxylic acids is 3. The largest absolute Gasteiger partial charge is 0.356 e. The van der Waals surface area contributed by atoms with Gasteiger partial charge in [-0.3, -0.25) is 14.4 Å². The van der Waals surface area contributed by atoms with Gasteiger partial charge in [0.05, 0.1) is 17.4 Å². The molecule has 5 atom stereocenters. The maximum atomic E-state index is 14.0. The molecule has 0 aromatic rings. The third-order valence-electron chi connectivity index (χ3n) is 8.18. The van der Waals surface area contributed by atoms with Crippen LogP contribution in [0, 0.1) is 11.8 Å². The van der Waals surface area contributed by atoms with E-state index in [0.29, 0.717) is 0 Å². The van der Waals surface area contributed by atoms with Crippen molar-refractivity contribution in [3.8, 4) is 0 Å². The first-order valence-electron chi connectivity index (χ1n) is 12.4. The van der Waals surface area contributed by atoms with Gasteiger partial charge in [0, 0.05) is 17.6 Å². The molecular weight excluding hydrogens is 406 g/mol. The summed E-state index contributed by atoms with van der Waals surface area (Å²) in [6.45, 7) is 7.72. The molecule has 32 heavy (non-hydrogen) atoms. The van der Waals surface area contributed by atoms with Crippen molar-refractivity contribution in [1.29, 1.82) is 0 Å². The van der Waals surface area contributed by atoms with Gasteiger partial charge in [-0.2, -0.15) is 0 Å². The summed E-state index contributed by atoms with van der Waals surface area (Å²) in [6.07, 6.45) is 12.0. The van der Waals surface area contributed by atoms with E-state index in [1.165, 1.54) is 0 Å². The van der Waals surface area contributed by atoms with Gasteiger partial charge in [-0.05, 0) is 53.4 Å². The molecule has 7 nitrogen and oxygen atoms in total. The van der Waals surface area contributed by atoms with E-state index in [1.54, 1.807) is 4.90 Å². The third-order valence-corrected chi connectivity index (χ3v) is 8.18. The van der Waals surface area contributed by atoms with Gasteiger partial charge >= 0.3 is 0 Å². The van der Waals surface area contributed by atoms with Crippen molar-refractivity contribution in [3.63, 3.8) is 0 Å². The Kier molecular flexibility index (Phi) is 5.01. The normalized spacial score (nSPS) is 39.2. The second-order valence-corrected chi connectivity index (χ2v) is 11.7. The fraction of sp³-hybridized carbons (Fsp3) is 0.800. The standard InChI is InChI=1S/C25H37N3O4/c1-23(2,3)27-21(30)19-25-14-13-24(4,32-25)17(20(29)26-15-9-5-6-10-15)18(25)22(31)28(19)16-11-7-8-12-16/h13-19H,5-12H2,1-4H3,(H,26,29)(H,27,30)/t17-,18+,19+,24-,25+/m1/s1. The molecule has 0 radical (unpaired) electrons. The van der Waals surface area contributed by atoms with Gasteiger partial charge in [0.1, 0.15) is 11.6 Å². The third kappa shape index (κ3) is 3.22. The van der Waals surface area contributed by atoms with Crippen LogP contribution in [0.25, 0.3) is 0 Å². The SMILES string of the molecule is CC(C)(C)NC(=O)[C@@H]1N(C2CCCC2)C(=O)[C@@H]2[C@H](C(=O)NC3CCCC3)[C@@]3(C)C=C[C@]21O3. The number of carbonyl (C=O) groups is 3. The summed E-state index contributed by atoms with van der Waals surface area (Å²) in [7, 11) is 0. The topological polar surface area (TPSA) is 87.7 Å². The van der Waals surface area contributed by atoms with Crippen LogP contribution >= 0.6 is 0 Å². The molecule has 2 saturated carbocycles. The summed E-state index contributed by atoms with van der Waals surface area (Å²) in [6, 6.07) is -0.544. The molecule has 2 aliphatic carbocycles. The quantitative estimate of drug-likeness (QED) is 0.654. The predicted octanol–water partition coefficient (Wildman–Crippen LogP) is 2.44. The van der Waals surface area contributed by atoms with Crippen LogP contribution in [0.3, 0.4) is 0 Å². The lowest BCUT2D eigenvalue weighted by Gasteiger charge is -2.37. The smallest absolute Gasteiger partial charge is 0.246 e. The molecule has 5 aliphatic rings. The molecule has 5 rings (SSSR count). The minimum absolute atomic E-state index is 0.0283. The molecule has 176 valence electrons. The maximum absolute atomic E-state index is 14.0. The predicted molar refractivity (Wildman–Crippen MR) is 120 cm³/mol. The van der Waals surface area contributed by atoms with Crippen LogP contribution in [0.2, 0.25) is 0 Å². The van der Waals surface area contributed by atoms with Crippen LogP contribution in [-0.2, 0) is 19.1 Å². The summed E-state index contributed by atoms with van der Waals surface area (Å²) >= 11 is 0. The Hall–Kier alpha value is -1.89. The maximum Gasteiger partial charge on any atom is 0.246 e. The van der Waals surface area contributed by atoms with E-state index in [4.69, 9.17) is 4.74 Å². The Morgan fingerprint density at radius 3 is 2.28 bits per heavy atom. The summed E-state index contributed by atoms with van der Waals surface area (Å²) < 4.78 is 6.58. The highest BCUT2D eigenvalue weighted by Gasteiger charge is 2.76. The van der Waals surface area contributed by atoms with Gasteiger partial charge in [0.15, 0.2) is 0 Å². The number of amides is 3. The molecular formula is C25H37N3O4. The van der Waals surface area contributed by atoms with Crippen molar-refractivity contribution in [3.05, 3.63) is 12.2 Å². The molecule has 3 heterocycles. The molecule has 0 aromatic carbocycles. The molecule has 2 bridgehead atoms. The van der Waals surface area contributed by atoms with Crippen LogP contribution in [0.15, 0.2) is 12.2 Å². The molecule has 3 aliphatic heterocycles. The van der Waals surface area contributed by atoms with E-state index < -0.39 is 34.6 Å². The Morgan fingerprint density at radius 2 is 1.66 bits per heavy atom. The lowest BCUT2D eigenvalue weighted by Crippen LogP contribution is -2.59. The van der Waals surface area contributed by atoms with Gasteiger partial charge in [0.25, 0.3) is 0 Å². The minimum atomic E-state index is -1.08. The van der Waals surface area contributed by atoms with Crippen molar-refractivity contribution in [1.82, 2.24) is 15.5 Å². The number of hydrogen-bond donors (Lipinski definition) is 2. The Morgan fingerprint density at radius 1 is 1.03 bits per heavy atom. The van der Waals surface area contributed by atoms with E-state index >= 15 is 0 Å². The van der Waals surface area contributed by atoms with Crippen LogP contribution < -0.4 is 10.6 Å². The average Bonchev–Trinajstić information content (AvgIpc) is 3.47. The number of ether oxygens (including phenoxy) is 1. The van der Waals surface area contributed by atoms with E-state index in [1.807, 2.05) is 39.8 Å². The zero-order valence-corrected chi connectivity index (χ0v) is 19.8. The number of rotatable bonds is 4. The second kappa shape index (κ2) is 7.31. The monoisotopic (exact) mass is 443 g/mol. The van der Waals surface area contributed by atoms with E-state index in [9.17, 15) is 14.4 Å². The molecule has 3 amide bonds. The highest BCUT2D eigenvalue weighted by molar-refractivity contribution is 6.00. The van der Waals surface area contributed by atoms with Gasteiger partial charge in [-0.25, -0.2) is 0 Å². The molecule has 4 fully saturated rings. The second-order valence-electron chi connectivity index (χ2n) is 11.7. The molecule has 1 spiro atoms. The van der Waals surface area contributed by atoms with Gasteiger partial charge in [-0.1, -0.05) is 37.8 Å². The minimum Gasteiger partial charge on any atom is -0.356 e. The first kappa shape index (κ1) is 21.9. The van der Waals surface area contributed by atoms with Gasteiger partial charge < -0.3 is 20.3 Å². The fourth-order valence-electron chi connectivity index (χ4n) is 6.94. The van der Waals surface area contributed by atoms with E-state index in [0.717, 1.165) is 51.4 Å². The zero-order valence-electron chi connectivity index (χ0n) is 19.8. The van der Waals surface area contributed by atoms with Gasteiger partial charge in [-0.15, -0.1) is 0 Å². The highest BCUT2D eigenvalue weighted by Crippen LogP contribution is 2.60. The van der Waals surface area contributed by atoms with Crippen molar-refractivity contribution < 1.29 is 19.1 Å². The first-order chi connectivity index (χ1) is 15.1. The molecule has 0 aromatic heterocycles. The van der Waals surface area contributed by atoms with Gasteiger partial charge in [0.2, 0.25) is 17.7 Å². The lowest BCUT2D eigenvalue weighted by molar-refractivity contribution is -0.148. The van der Waals surface area contributed by atoms with Crippen LogP contribution in [-0.4, -0.2) is 57.5 Å². The van der Waals surface area contributed by atoms with Crippen molar-refractivity contribution >= 4 is 17.7 Å². The van der Waals surface area contributed by atoms with Crippen LogP contribution in [0.1, 0.15) is 79.1 Å². The van der Waals surface area contributed by atoms with Crippen LogP contribution in [0.5, 0.6) is 0 Å². The first-order valence-corrected chi connectivity index (χ1v) is 12.4. The number of hydrogen-bond acceptors (Lipinski definition) is 4. The number of nitrogens with one attached hydrogen (secondary N) is 2. The zero-order chi connectivity index (χ0) is 22.9. The van der Waals surface area contributed by atoms with Crippen molar-refractivity contribution in [2.45, 2.75) is 114 Å². The highest BCUT2D eigenvalue weighted by atomic mass is 16.5. The number of likely N-dealkylation sites (tertiary alicyclic amines) is 1. The fourth-order valence-corrected chi connectivity index (χ4v) is 6.94. The Labute approximate surface area is 190 Å². The Bertz CT molecular complexity index is 852. The van der Waals surface area contributed by atoms with E-state index in [-0.39, 0.29) is 29.8 Å². The Balaban J connectivity index is 1.52. The van der Waals surface area contributed by atoms with Crippen LogP contribution in [0.4, 0.5) is 0 Å². The molecule has 2 saturated heterocycles. The molecule has 0 unspecified atom stereocenters. The average molecular weight is 444 g/mol. The number of nitrogens with zero attached hydrogens (tertiary/aromatic N) is 1. The molecule has 2 N–H and O–H groups in total. The van der Waals surface area contributed by atoms with Crippen molar-refractivity contribution in [2.75, 3.05) is 0 Å². The lowest BCUT2D eigenvalue weighted by atomic mass is 9.70.